The molecule has 1 aromatic carbocycles. The van der Waals surface area contributed by atoms with Gasteiger partial charge in [-0.25, -0.2) is 0 Å². The number of carbonyl (C=O) groups excluding carboxylic acids is 1. The molecule has 2 atom stereocenters. The number of piperidine rings is 1. The minimum Gasteiger partial charge on any atom is -0.383 e. The number of carbonyl (C=O) groups is 1. The highest BCUT2D eigenvalue weighted by atomic mass is 16.3. The maximum Gasteiger partial charge on any atom is 0.270 e. The fourth-order valence-electron chi connectivity index (χ4n) is 3.89. The predicted molar refractivity (Wildman–Crippen MR) is 105 cm³/mol. The number of likely N-dealkylation sites (N-methyl/N-ethyl adjacent to an activating group) is 1. The van der Waals surface area contributed by atoms with E-state index in [9.17, 15) is 14.7 Å². The van der Waals surface area contributed by atoms with Crippen molar-refractivity contribution in [1.29, 1.82) is 0 Å². The van der Waals surface area contributed by atoms with E-state index >= 15 is 0 Å². The fraction of sp³-hybridized carbons (Fsp3) is 0.429. The molecular formula is C21H27N3O3. The Morgan fingerprint density at radius 2 is 1.89 bits per heavy atom. The molecule has 6 heteroatoms. The average Bonchev–Trinajstić information content (AvgIpc) is 2.65. The highest BCUT2D eigenvalue weighted by molar-refractivity contribution is 5.92. The van der Waals surface area contributed by atoms with Crippen LogP contribution in [0, 0.1) is 6.92 Å². The van der Waals surface area contributed by atoms with Gasteiger partial charge in [0.05, 0.1) is 6.04 Å². The second kappa shape index (κ2) is 7.29. The molecule has 27 heavy (non-hydrogen) atoms. The van der Waals surface area contributed by atoms with Crippen molar-refractivity contribution < 1.29 is 9.90 Å². The maximum absolute atomic E-state index is 13.1. The summed E-state index contributed by atoms with van der Waals surface area (Å²) in [6, 6.07) is 12.3. The van der Waals surface area contributed by atoms with Gasteiger partial charge in [-0.3, -0.25) is 9.59 Å². The molecule has 0 unspecified atom stereocenters. The third-order valence-corrected chi connectivity index (χ3v) is 5.63. The van der Waals surface area contributed by atoms with Crippen molar-refractivity contribution in [2.24, 2.45) is 7.05 Å². The number of pyridine rings is 1. The van der Waals surface area contributed by atoms with Crippen LogP contribution >= 0.6 is 0 Å². The standard InChI is InChI=1S/C21H27N3O3/c1-15-12-17(25)13-18(23(15)4)20(26)24-11-10-21(27,19(14-24)22(2)3)16-8-6-5-7-9-16/h5-9,12-13,19,27H,10-11,14H2,1-4H3/t19-,21+/m1/s1. The topological polar surface area (TPSA) is 65.8 Å². The Labute approximate surface area is 159 Å². The first-order valence-electron chi connectivity index (χ1n) is 9.15. The molecular weight excluding hydrogens is 342 g/mol. The number of likely N-dealkylation sites (tertiary alicyclic amines) is 1. The number of benzene rings is 1. The SMILES string of the molecule is Cc1cc(=O)cc(C(=O)N2CC[C@](O)(c3ccccc3)[C@H](N(C)C)C2)n1C. The normalized spacial score (nSPS) is 22.9. The molecule has 1 saturated heterocycles. The zero-order valence-corrected chi connectivity index (χ0v) is 16.3. The highest BCUT2D eigenvalue weighted by Gasteiger charge is 2.45. The lowest BCUT2D eigenvalue weighted by atomic mass is 9.79. The summed E-state index contributed by atoms with van der Waals surface area (Å²) < 4.78 is 1.74. The van der Waals surface area contributed by atoms with Crippen LogP contribution < -0.4 is 5.43 Å². The first-order chi connectivity index (χ1) is 12.7. The van der Waals surface area contributed by atoms with E-state index in [-0.39, 0.29) is 17.4 Å². The summed E-state index contributed by atoms with van der Waals surface area (Å²) in [4.78, 5) is 28.7. The van der Waals surface area contributed by atoms with Gasteiger partial charge in [-0.15, -0.1) is 0 Å². The molecule has 0 radical (unpaired) electrons. The molecule has 144 valence electrons. The Morgan fingerprint density at radius 1 is 1.22 bits per heavy atom. The van der Waals surface area contributed by atoms with Crippen LogP contribution in [0.5, 0.6) is 0 Å². The molecule has 2 aromatic rings. The van der Waals surface area contributed by atoms with E-state index in [0.29, 0.717) is 25.2 Å². The summed E-state index contributed by atoms with van der Waals surface area (Å²) in [6.45, 7) is 2.63. The van der Waals surface area contributed by atoms with Gasteiger partial charge in [-0.05, 0) is 33.0 Å². The first kappa shape index (κ1) is 19.3. The molecule has 6 nitrogen and oxygen atoms in total. The second-order valence-corrected chi connectivity index (χ2v) is 7.55. The minimum atomic E-state index is -1.03. The Kier molecular flexibility index (Phi) is 5.22. The quantitative estimate of drug-likeness (QED) is 0.887. The number of aliphatic hydroxyl groups is 1. The summed E-state index contributed by atoms with van der Waals surface area (Å²) in [5.74, 6) is -0.180. The van der Waals surface area contributed by atoms with Gasteiger partial charge in [-0.2, -0.15) is 0 Å². The van der Waals surface area contributed by atoms with Crippen molar-refractivity contribution >= 4 is 5.91 Å². The number of aryl methyl sites for hydroxylation is 1. The van der Waals surface area contributed by atoms with Crippen LogP contribution in [-0.4, -0.2) is 58.6 Å². The molecule has 1 amide bonds. The zero-order chi connectivity index (χ0) is 19.8. The van der Waals surface area contributed by atoms with Gasteiger partial charge < -0.3 is 19.5 Å². The summed E-state index contributed by atoms with van der Waals surface area (Å²) in [7, 11) is 5.61. The lowest BCUT2D eigenvalue weighted by molar-refractivity contribution is -0.0811. The maximum atomic E-state index is 13.1. The van der Waals surface area contributed by atoms with E-state index in [1.165, 1.54) is 12.1 Å². The lowest BCUT2D eigenvalue weighted by Gasteiger charge is -2.47. The Hall–Kier alpha value is -2.44. The van der Waals surface area contributed by atoms with Crippen LogP contribution in [0.2, 0.25) is 0 Å². The largest absolute Gasteiger partial charge is 0.383 e. The van der Waals surface area contributed by atoms with E-state index in [4.69, 9.17) is 0 Å². The van der Waals surface area contributed by atoms with Gasteiger partial charge >= 0.3 is 0 Å². The molecule has 1 aromatic heterocycles. The summed E-state index contributed by atoms with van der Waals surface area (Å²) in [5.41, 5.74) is 0.783. The van der Waals surface area contributed by atoms with Gasteiger partial charge in [0, 0.05) is 38.0 Å². The van der Waals surface area contributed by atoms with Crippen molar-refractivity contribution in [1.82, 2.24) is 14.4 Å². The Bertz CT molecular complexity index is 891. The van der Waals surface area contributed by atoms with Gasteiger partial charge in [-0.1, -0.05) is 30.3 Å². The molecule has 1 fully saturated rings. The Morgan fingerprint density at radius 3 is 2.52 bits per heavy atom. The predicted octanol–water partition coefficient (Wildman–Crippen LogP) is 1.36. The molecule has 0 aliphatic carbocycles. The number of hydrogen-bond acceptors (Lipinski definition) is 4. The number of hydrogen-bond donors (Lipinski definition) is 1. The van der Waals surface area contributed by atoms with Crippen molar-refractivity contribution in [3.8, 4) is 0 Å². The van der Waals surface area contributed by atoms with Crippen LogP contribution in [-0.2, 0) is 12.6 Å². The average molecular weight is 369 g/mol. The van der Waals surface area contributed by atoms with Crippen molar-refractivity contribution in [2.75, 3.05) is 27.2 Å². The van der Waals surface area contributed by atoms with Crippen molar-refractivity contribution in [3.63, 3.8) is 0 Å². The number of rotatable bonds is 3. The van der Waals surface area contributed by atoms with Crippen LogP contribution in [0.25, 0.3) is 0 Å². The smallest absolute Gasteiger partial charge is 0.270 e. The van der Waals surface area contributed by atoms with Crippen LogP contribution in [0.4, 0.5) is 0 Å². The molecule has 2 heterocycles. The van der Waals surface area contributed by atoms with Crippen molar-refractivity contribution in [3.05, 3.63) is 69.6 Å². The molecule has 3 rings (SSSR count). The zero-order valence-electron chi connectivity index (χ0n) is 16.3. The highest BCUT2D eigenvalue weighted by Crippen LogP contribution is 2.35. The van der Waals surface area contributed by atoms with Gasteiger partial charge in [0.2, 0.25) is 0 Å². The van der Waals surface area contributed by atoms with Crippen LogP contribution in [0.15, 0.2) is 47.3 Å². The molecule has 0 spiro atoms. The van der Waals surface area contributed by atoms with E-state index in [1.807, 2.05) is 56.3 Å². The molecule has 1 aliphatic heterocycles. The molecule has 1 aliphatic rings. The van der Waals surface area contributed by atoms with Crippen LogP contribution in [0.3, 0.4) is 0 Å². The number of aromatic nitrogens is 1. The third-order valence-electron chi connectivity index (χ3n) is 5.63. The molecule has 0 saturated carbocycles. The minimum absolute atomic E-state index is 0.170. The summed E-state index contributed by atoms with van der Waals surface area (Å²) in [6.07, 6.45) is 0.436. The van der Waals surface area contributed by atoms with Gasteiger partial charge in [0.1, 0.15) is 11.3 Å². The monoisotopic (exact) mass is 369 g/mol. The third kappa shape index (κ3) is 3.55. The number of amides is 1. The first-order valence-corrected chi connectivity index (χ1v) is 9.15. The molecule has 1 N–H and O–H groups in total. The lowest BCUT2D eigenvalue weighted by Crippen LogP contribution is -2.60. The van der Waals surface area contributed by atoms with E-state index < -0.39 is 5.60 Å². The number of nitrogens with zero attached hydrogens (tertiary/aromatic N) is 3. The Balaban J connectivity index is 1.92. The van der Waals surface area contributed by atoms with E-state index in [0.717, 1.165) is 11.3 Å². The summed E-state index contributed by atoms with van der Waals surface area (Å²) >= 11 is 0. The van der Waals surface area contributed by atoms with Gasteiger partial charge in [0.25, 0.3) is 5.91 Å². The van der Waals surface area contributed by atoms with Crippen molar-refractivity contribution in [2.45, 2.75) is 25.0 Å². The van der Waals surface area contributed by atoms with E-state index in [1.54, 1.807) is 16.5 Å². The fourth-order valence-corrected chi connectivity index (χ4v) is 3.89. The summed E-state index contributed by atoms with van der Waals surface area (Å²) in [5, 5.41) is 11.5. The van der Waals surface area contributed by atoms with Crippen LogP contribution in [0.1, 0.15) is 28.2 Å². The molecule has 0 bridgehead atoms. The second-order valence-electron chi connectivity index (χ2n) is 7.55. The van der Waals surface area contributed by atoms with Gasteiger partial charge in [0.15, 0.2) is 5.43 Å². The van der Waals surface area contributed by atoms with E-state index in [2.05, 4.69) is 0 Å².